The van der Waals surface area contributed by atoms with Crippen LogP contribution in [0.3, 0.4) is 0 Å². The fraction of sp³-hybridized carbons (Fsp3) is 0. The van der Waals surface area contributed by atoms with E-state index in [9.17, 15) is 0 Å². The van der Waals surface area contributed by atoms with E-state index in [1.165, 1.54) is 0 Å². The Hall–Kier alpha value is -4.12. The number of anilines is 7. The van der Waals surface area contributed by atoms with E-state index in [4.69, 9.17) is 17.2 Å². The van der Waals surface area contributed by atoms with Crippen LogP contribution in [0.2, 0.25) is 0 Å². The van der Waals surface area contributed by atoms with Gasteiger partial charge in [-0.15, -0.1) is 0 Å². The van der Waals surface area contributed by atoms with Crippen molar-refractivity contribution >= 4 is 39.8 Å². The molecule has 146 valence electrons. The van der Waals surface area contributed by atoms with Gasteiger partial charge in [0, 0.05) is 39.8 Å². The lowest BCUT2D eigenvalue weighted by atomic mass is 10.2. The molecule has 5 heteroatoms. The lowest BCUT2D eigenvalue weighted by Crippen LogP contribution is -1.91. The summed E-state index contributed by atoms with van der Waals surface area (Å²) in [7, 11) is 0. The van der Waals surface area contributed by atoms with Gasteiger partial charge in [-0.2, -0.15) is 0 Å². The van der Waals surface area contributed by atoms with E-state index >= 15 is 0 Å². The van der Waals surface area contributed by atoms with Crippen molar-refractivity contribution in [3.05, 3.63) is 103 Å². The van der Waals surface area contributed by atoms with Crippen molar-refractivity contribution in [1.29, 1.82) is 0 Å². The minimum absolute atomic E-state index is 0.762. The molecule has 4 rings (SSSR count). The average Bonchev–Trinajstić information content (AvgIpc) is 2.74. The molecule has 29 heavy (non-hydrogen) atoms. The van der Waals surface area contributed by atoms with Gasteiger partial charge in [-0.05, 0) is 84.9 Å². The van der Waals surface area contributed by atoms with Crippen molar-refractivity contribution in [3.63, 3.8) is 0 Å². The van der Waals surface area contributed by atoms with Crippen LogP contribution in [0.25, 0.3) is 0 Å². The second kappa shape index (κ2) is 9.71. The van der Waals surface area contributed by atoms with Gasteiger partial charge in [0.2, 0.25) is 0 Å². The molecular weight excluding hydrogens is 358 g/mol. The molecule has 0 aliphatic rings. The number of hydrogen-bond donors (Lipinski definition) is 5. The van der Waals surface area contributed by atoms with Gasteiger partial charge < -0.3 is 27.8 Å². The van der Waals surface area contributed by atoms with Crippen molar-refractivity contribution in [3.8, 4) is 0 Å². The molecule has 0 bridgehead atoms. The summed E-state index contributed by atoms with van der Waals surface area (Å²) >= 11 is 0. The Bertz CT molecular complexity index is 952. The highest BCUT2D eigenvalue weighted by Gasteiger charge is 1.94. The summed E-state index contributed by atoms with van der Waals surface area (Å²) in [5.74, 6) is 0. The van der Waals surface area contributed by atoms with Gasteiger partial charge >= 0.3 is 0 Å². The first-order valence-electron chi connectivity index (χ1n) is 9.24. The quantitative estimate of drug-likeness (QED) is 0.295. The van der Waals surface area contributed by atoms with Gasteiger partial charge in [-0.3, -0.25) is 0 Å². The van der Waals surface area contributed by atoms with E-state index in [0.29, 0.717) is 0 Å². The minimum Gasteiger partial charge on any atom is -0.399 e. The maximum absolute atomic E-state index is 5.60. The highest BCUT2D eigenvalue weighted by Crippen LogP contribution is 2.19. The fourth-order valence-corrected chi connectivity index (χ4v) is 2.55. The average molecular weight is 383 g/mol. The van der Waals surface area contributed by atoms with Crippen LogP contribution in [0.4, 0.5) is 39.8 Å². The Kier molecular flexibility index (Phi) is 6.58. The summed E-state index contributed by atoms with van der Waals surface area (Å²) < 4.78 is 0. The van der Waals surface area contributed by atoms with Crippen LogP contribution < -0.4 is 27.8 Å². The third-order valence-electron chi connectivity index (χ3n) is 4.08. The first-order valence-corrected chi connectivity index (χ1v) is 9.24. The summed E-state index contributed by atoms with van der Waals surface area (Å²) in [4.78, 5) is 0. The highest BCUT2D eigenvalue weighted by atomic mass is 14.9. The van der Waals surface area contributed by atoms with Gasteiger partial charge in [0.15, 0.2) is 0 Å². The summed E-state index contributed by atoms with van der Waals surface area (Å²) in [5, 5.41) is 6.52. The van der Waals surface area contributed by atoms with Gasteiger partial charge in [-0.1, -0.05) is 18.2 Å². The van der Waals surface area contributed by atoms with Gasteiger partial charge in [0.1, 0.15) is 0 Å². The summed E-state index contributed by atoms with van der Waals surface area (Å²) in [6.07, 6.45) is 0. The number of rotatable bonds is 4. The maximum Gasteiger partial charge on any atom is 0.0385 e. The number of nitrogens with one attached hydrogen (secondary N) is 2. The van der Waals surface area contributed by atoms with Crippen molar-refractivity contribution in [2.24, 2.45) is 0 Å². The second-order valence-electron chi connectivity index (χ2n) is 6.48. The predicted molar refractivity (Wildman–Crippen MR) is 126 cm³/mol. The van der Waals surface area contributed by atoms with Crippen molar-refractivity contribution in [2.45, 2.75) is 0 Å². The smallest absolute Gasteiger partial charge is 0.0385 e. The first kappa shape index (κ1) is 19.6. The van der Waals surface area contributed by atoms with Crippen LogP contribution in [-0.2, 0) is 0 Å². The van der Waals surface area contributed by atoms with E-state index < -0.39 is 0 Å². The van der Waals surface area contributed by atoms with Crippen molar-refractivity contribution in [1.82, 2.24) is 0 Å². The van der Waals surface area contributed by atoms with E-state index in [2.05, 4.69) is 10.6 Å². The second-order valence-corrected chi connectivity index (χ2v) is 6.48. The number of benzene rings is 4. The SMILES string of the molecule is Nc1ccc(Nc2ccc(N)cc2)cc1.Nc1ccc(Nc2ccccc2)cc1. The molecule has 0 amide bonds. The largest absolute Gasteiger partial charge is 0.399 e. The highest BCUT2D eigenvalue weighted by molar-refractivity contribution is 5.63. The van der Waals surface area contributed by atoms with E-state index in [0.717, 1.165) is 39.8 Å². The third kappa shape index (κ3) is 6.52. The number of hydrogen-bond acceptors (Lipinski definition) is 5. The standard InChI is InChI=1S/C12H13N3.C12H12N2/c13-9-1-5-11(6-2-9)15-12-7-3-10(14)4-8-12;13-10-6-8-12(9-7-10)14-11-4-2-1-3-5-11/h1-8,15H,13-14H2;1-9,14H,13H2. The Morgan fingerprint density at radius 2 is 0.621 bits per heavy atom. The molecule has 4 aromatic rings. The lowest BCUT2D eigenvalue weighted by Gasteiger charge is -2.06. The molecule has 0 spiro atoms. The molecule has 0 aliphatic carbocycles. The molecule has 4 aromatic carbocycles. The number of nitrogen functional groups attached to an aromatic ring is 3. The van der Waals surface area contributed by atoms with Crippen LogP contribution in [0.5, 0.6) is 0 Å². The van der Waals surface area contributed by atoms with Crippen LogP contribution >= 0.6 is 0 Å². The molecule has 0 atom stereocenters. The first-order chi connectivity index (χ1) is 14.1. The predicted octanol–water partition coefficient (Wildman–Crippen LogP) is 5.61. The molecule has 0 heterocycles. The Labute approximate surface area is 171 Å². The summed E-state index contributed by atoms with van der Waals surface area (Å²) in [5.41, 5.74) is 23.2. The summed E-state index contributed by atoms with van der Waals surface area (Å²) in [6, 6.07) is 32.9. The molecule has 5 nitrogen and oxygen atoms in total. The van der Waals surface area contributed by atoms with Crippen molar-refractivity contribution < 1.29 is 0 Å². The number of nitrogens with two attached hydrogens (primary N) is 3. The Morgan fingerprint density at radius 1 is 0.345 bits per heavy atom. The molecule has 0 aliphatic heterocycles. The van der Waals surface area contributed by atoms with Crippen molar-refractivity contribution in [2.75, 3.05) is 27.8 Å². The van der Waals surface area contributed by atoms with E-state index in [-0.39, 0.29) is 0 Å². The Balaban J connectivity index is 0.000000166. The normalized spacial score (nSPS) is 9.79. The fourth-order valence-electron chi connectivity index (χ4n) is 2.55. The van der Waals surface area contributed by atoms with E-state index in [1.54, 1.807) is 0 Å². The molecule has 0 unspecified atom stereocenters. The van der Waals surface area contributed by atoms with Gasteiger partial charge in [0.25, 0.3) is 0 Å². The monoisotopic (exact) mass is 383 g/mol. The zero-order valence-electron chi connectivity index (χ0n) is 16.0. The molecular formula is C24H25N5. The molecule has 0 saturated carbocycles. The molecule has 0 radical (unpaired) electrons. The molecule has 8 N–H and O–H groups in total. The molecule has 0 aromatic heterocycles. The van der Waals surface area contributed by atoms with Crippen LogP contribution in [0.15, 0.2) is 103 Å². The van der Waals surface area contributed by atoms with Crippen LogP contribution in [0.1, 0.15) is 0 Å². The maximum atomic E-state index is 5.60. The van der Waals surface area contributed by atoms with Gasteiger partial charge in [-0.25, -0.2) is 0 Å². The van der Waals surface area contributed by atoms with Crippen LogP contribution in [0, 0.1) is 0 Å². The molecule has 0 fully saturated rings. The number of para-hydroxylation sites is 1. The zero-order valence-corrected chi connectivity index (χ0v) is 16.0. The lowest BCUT2D eigenvalue weighted by molar-refractivity contribution is 1.55. The minimum atomic E-state index is 0.762. The third-order valence-corrected chi connectivity index (χ3v) is 4.08. The summed E-state index contributed by atoms with van der Waals surface area (Å²) in [6.45, 7) is 0. The molecule has 0 saturated heterocycles. The zero-order chi connectivity index (χ0) is 20.5. The van der Waals surface area contributed by atoms with Crippen LogP contribution in [-0.4, -0.2) is 0 Å². The van der Waals surface area contributed by atoms with Gasteiger partial charge in [0.05, 0.1) is 0 Å². The Morgan fingerprint density at radius 3 is 0.931 bits per heavy atom. The van der Waals surface area contributed by atoms with E-state index in [1.807, 2.05) is 103 Å². The topological polar surface area (TPSA) is 102 Å².